The molecule has 5 nitrogen and oxygen atoms in total. The Kier molecular flexibility index (Phi) is 4.32. The summed E-state index contributed by atoms with van der Waals surface area (Å²) in [7, 11) is 0. The number of nitrogens with zero attached hydrogens (tertiary/aromatic N) is 1. The van der Waals surface area contributed by atoms with Crippen LogP contribution in [0.15, 0.2) is 53.5 Å². The van der Waals surface area contributed by atoms with Gasteiger partial charge in [0.1, 0.15) is 0 Å². The van der Waals surface area contributed by atoms with Crippen LogP contribution in [0.2, 0.25) is 0 Å². The van der Waals surface area contributed by atoms with Crippen molar-refractivity contribution in [3.63, 3.8) is 0 Å². The van der Waals surface area contributed by atoms with Crippen molar-refractivity contribution in [3.8, 4) is 0 Å². The molecule has 0 aliphatic rings. The molecular formula is C15H17N3O2. The zero-order chi connectivity index (χ0) is 14.5. The second-order valence-corrected chi connectivity index (χ2v) is 4.64. The van der Waals surface area contributed by atoms with E-state index in [1.54, 1.807) is 23.8 Å². The van der Waals surface area contributed by atoms with E-state index in [1.807, 2.05) is 30.3 Å². The highest BCUT2D eigenvalue weighted by Gasteiger charge is 2.13. The maximum absolute atomic E-state index is 11.6. The molecule has 0 saturated carbocycles. The van der Waals surface area contributed by atoms with Crippen molar-refractivity contribution in [2.75, 3.05) is 0 Å². The van der Waals surface area contributed by atoms with Gasteiger partial charge in [0.25, 0.3) is 5.56 Å². The molecule has 1 aromatic carbocycles. The van der Waals surface area contributed by atoms with Gasteiger partial charge in [-0.3, -0.25) is 15.0 Å². The predicted octanol–water partition coefficient (Wildman–Crippen LogP) is 0.990. The Labute approximate surface area is 117 Å². The third-order valence-corrected chi connectivity index (χ3v) is 3.27. The third-order valence-electron chi connectivity index (χ3n) is 3.27. The molecule has 1 heterocycles. The smallest absolute Gasteiger partial charge is 0.250 e. The predicted molar refractivity (Wildman–Crippen MR) is 77.0 cm³/mol. The Morgan fingerprint density at radius 3 is 2.55 bits per heavy atom. The van der Waals surface area contributed by atoms with Gasteiger partial charge in [-0.15, -0.1) is 0 Å². The molecule has 0 bridgehead atoms. The largest absolute Gasteiger partial charge is 0.311 e. The molecule has 0 spiro atoms. The Morgan fingerprint density at radius 1 is 1.25 bits per heavy atom. The lowest BCUT2D eigenvalue weighted by Gasteiger charge is -2.11. The van der Waals surface area contributed by atoms with Crippen LogP contribution >= 0.6 is 0 Å². The Bertz CT molecular complexity index is 647. The quantitative estimate of drug-likeness (QED) is 0.494. The number of aromatic nitrogens is 1. The van der Waals surface area contributed by atoms with Crippen molar-refractivity contribution in [1.29, 1.82) is 0 Å². The second kappa shape index (κ2) is 6.16. The number of pyridine rings is 1. The number of nitrogens with one attached hydrogen (secondary N) is 1. The van der Waals surface area contributed by atoms with Crippen molar-refractivity contribution < 1.29 is 4.79 Å². The van der Waals surface area contributed by atoms with E-state index in [1.165, 1.54) is 6.07 Å². The molecule has 1 unspecified atom stereocenters. The number of nitrogens with two attached hydrogens (primary N) is 1. The minimum atomic E-state index is -0.298. The summed E-state index contributed by atoms with van der Waals surface area (Å²) in [4.78, 5) is 23.1. The van der Waals surface area contributed by atoms with Crippen LogP contribution in [0.25, 0.3) is 0 Å². The summed E-state index contributed by atoms with van der Waals surface area (Å²) in [6.45, 7) is 2.30. The number of carbonyl (C=O) groups excluding carboxylic acids is 1. The van der Waals surface area contributed by atoms with Gasteiger partial charge in [-0.05, 0) is 24.1 Å². The Hall–Kier alpha value is -2.40. The van der Waals surface area contributed by atoms with E-state index in [4.69, 9.17) is 5.84 Å². The lowest BCUT2D eigenvalue weighted by molar-refractivity contribution is -0.122. The van der Waals surface area contributed by atoms with E-state index >= 15 is 0 Å². The maximum atomic E-state index is 11.6. The first kappa shape index (κ1) is 14.0. The van der Waals surface area contributed by atoms with Crippen molar-refractivity contribution >= 4 is 5.91 Å². The van der Waals surface area contributed by atoms with Crippen molar-refractivity contribution in [2.45, 2.75) is 19.4 Å². The third kappa shape index (κ3) is 3.13. The van der Waals surface area contributed by atoms with E-state index in [0.29, 0.717) is 6.54 Å². The minimum Gasteiger partial charge on any atom is -0.311 e. The highest BCUT2D eigenvalue weighted by molar-refractivity contribution is 5.82. The number of rotatable bonds is 4. The van der Waals surface area contributed by atoms with Gasteiger partial charge in [-0.25, -0.2) is 5.84 Å². The van der Waals surface area contributed by atoms with Crippen LogP contribution in [0.5, 0.6) is 0 Å². The van der Waals surface area contributed by atoms with Crippen molar-refractivity contribution in [3.05, 3.63) is 70.1 Å². The fraction of sp³-hybridized carbons (Fsp3) is 0.200. The molecule has 2 aromatic rings. The summed E-state index contributed by atoms with van der Waals surface area (Å²) in [5.41, 5.74) is 3.99. The molecule has 1 atom stereocenters. The van der Waals surface area contributed by atoms with Gasteiger partial charge in [0.15, 0.2) is 0 Å². The molecule has 0 radical (unpaired) electrons. The lowest BCUT2D eigenvalue weighted by Crippen LogP contribution is -2.33. The summed E-state index contributed by atoms with van der Waals surface area (Å²) in [5.74, 6) is 4.60. The minimum absolute atomic E-state index is 0.0348. The van der Waals surface area contributed by atoms with Crippen LogP contribution < -0.4 is 16.8 Å². The highest BCUT2D eigenvalue weighted by atomic mass is 16.2. The van der Waals surface area contributed by atoms with Gasteiger partial charge in [0.05, 0.1) is 12.5 Å². The van der Waals surface area contributed by atoms with Gasteiger partial charge in [-0.1, -0.05) is 30.3 Å². The van der Waals surface area contributed by atoms with E-state index in [-0.39, 0.29) is 17.4 Å². The normalized spacial score (nSPS) is 11.9. The molecule has 0 saturated heterocycles. The number of benzene rings is 1. The molecule has 2 rings (SSSR count). The molecular weight excluding hydrogens is 254 g/mol. The Balaban J connectivity index is 2.15. The molecule has 0 aliphatic heterocycles. The first-order valence-electron chi connectivity index (χ1n) is 6.36. The summed E-state index contributed by atoms with van der Waals surface area (Å²) in [6.07, 6.45) is 1.75. The van der Waals surface area contributed by atoms with Crippen LogP contribution in [0.1, 0.15) is 24.0 Å². The fourth-order valence-corrected chi connectivity index (χ4v) is 1.98. The molecule has 104 valence electrons. The van der Waals surface area contributed by atoms with E-state index in [2.05, 4.69) is 5.43 Å². The first-order valence-corrected chi connectivity index (χ1v) is 6.36. The van der Waals surface area contributed by atoms with Gasteiger partial charge in [0.2, 0.25) is 5.91 Å². The van der Waals surface area contributed by atoms with Crippen LogP contribution in [0.3, 0.4) is 0 Å². The van der Waals surface area contributed by atoms with E-state index in [9.17, 15) is 9.59 Å². The zero-order valence-corrected chi connectivity index (χ0v) is 11.2. The van der Waals surface area contributed by atoms with Gasteiger partial charge in [0, 0.05) is 12.3 Å². The number of hydrogen-bond acceptors (Lipinski definition) is 3. The van der Waals surface area contributed by atoms with Crippen molar-refractivity contribution in [1.82, 2.24) is 9.99 Å². The van der Waals surface area contributed by atoms with Gasteiger partial charge >= 0.3 is 0 Å². The average Bonchev–Trinajstić information content (AvgIpc) is 2.49. The molecule has 20 heavy (non-hydrogen) atoms. The summed E-state index contributed by atoms with van der Waals surface area (Å²) in [5, 5.41) is 0. The van der Waals surface area contributed by atoms with E-state index < -0.39 is 0 Å². The summed E-state index contributed by atoms with van der Waals surface area (Å²) < 4.78 is 1.63. The van der Waals surface area contributed by atoms with Crippen LogP contribution in [-0.4, -0.2) is 10.5 Å². The molecule has 1 amide bonds. The van der Waals surface area contributed by atoms with E-state index in [0.717, 1.165) is 11.1 Å². The van der Waals surface area contributed by atoms with Crippen LogP contribution in [0.4, 0.5) is 0 Å². The van der Waals surface area contributed by atoms with Gasteiger partial charge in [-0.2, -0.15) is 0 Å². The van der Waals surface area contributed by atoms with Crippen LogP contribution in [0, 0.1) is 0 Å². The molecule has 0 fully saturated rings. The number of hydrogen-bond donors (Lipinski definition) is 2. The Morgan fingerprint density at radius 2 is 1.95 bits per heavy atom. The molecule has 0 aliphatic carbocycles. The first-order chi connectivity index (χ1) is 9.61. The number of carbonyl (C=O) groups is 1. The second-order valence-electron chi connectivity index (χ2n) is 4.64. The van der Waals surface area contributed by atoms with Crippen LogP contribution in [-0.2, 0) is 11.3 Å². The topological polar surface area (TPSA) is 77.1 Å². The fourth-order valence-electron chi connectivity index (χ4n) is 1.98. The summed E-state index contributed by atoms with van der Waals surface area (Å²) >= 11 is 0. The average molecular weight is 271 g/mol. The summed E-state index contributed by atoms with van der Waals surface area (Å²) in [6, 6.07) is 12.6. The SMILES string of the molecule is CC(C(=O)NN)c1ccc(Cn2ccccc2=O)cc1. The maximum Gasteiger partial charge on any atom is 0.250 e. The molecule has 3 N–H and O–H groups in total. The van der Waals surface area contributed by atoms with Crippen molar-refractivity contribution in [2.24, 2.45) is 5.84 Å². The highest BCUT2D eigenvalue weighted by Crippen LogP contribution is 2.16. The molecule has 1 aromatic heterocycles. The monoisotopic (exact) mass is 271 g/mol. The lowest BCUT2D eigenvalue weighted by atomic mass is 9.99. The standard InChI is InChI=1S/C15H17N3O2/c1-11(15(20)17-16)13-7-5-12(6-8-13)10-18-9-3-2-4-14(18)19/h2-9,11H,10,16H2,1H3,(H,17,20). The molecule has 5 heteroatoms. The zero-order valence-electron chi connectivity index (χ0n) is 11.2. The number of amides is 1. The number of hydrazine groups is 1. The van der Waals surface area contributed by atoms with Gasteiger partial charge < -0.3 is 4.57 Å².